The number of carbonyl (C=O) groups is 1. The molecule has 3 nitrogen and oxygen atoms in total. The van der Waals surface area contributed by atoms with Crippen LogP contribution in [0.2, 0.25) is 0 Å². The van der Waals surface area contributed by atoms with Crippen molar-refractivity contribution < 1.29 is 35.5 Å². The van der Waals surface area contributed by atoms with Crippen molar-refractivity contribution in [3.8, 4) is 10.6 Å². The van der Waals surface area contributed by atoms with Gasteiger partial charge in [-0.15, -0.1) is 11.3 Å². The molecule has 3 aromatic rings. The molecule has 0 aliphatic carbocycles. The van der Waals surface area contributed by atoms with E-state index < -0.39 is 40.9 Å². The van der Waals surface area contributed by atoms with Gasteiger partial charge in [-0.2, -0.15) is 26.3 Å². The van der Waals surface area contributed by atoms with Crippen molar-refractivity contribution in [1.29, 1.82) is 0 Å². The third-order valence-corrected chi connectivity index (χ3v) is 5.14. The molecule has 158 valence electrons. The number of benzene rings is 2. The average Bonchev–Trinajstić information content (AvgIpc) is 3.02. The van der Waals surface area contributed by atoms with E-state index in [1.165, 1.54) is 31.2 Å². The zero-order valence-electron chi connectivity index (χ0n) is 15.0. The maximum atomic E-state index is 13.0. The number of halogens is 7. The molecule has 0 atom stereocenters. The highest BCUT2D eigenvalue weighted by Gasteiger charge is 2.37. The van der Waals surface area contributed by atoms with Gasteiger partial charge < -0.3 is 5.32 Å². The zero-order chi connectivity index (χ0) is 22.3. The Kier molecular flexibility index (Phi) is 5.59. The molecule has 0 aliphatic heterocycles. The van der Waals surface area contributed by atoms with Crippen LogP contribution >= 0.6 is 11.3 Å². The molecule has 0 fully saturated rings. The third-order valence-electron chi connectivity index (χ3n) is 3.94. The lowest BCUT2D eigenvalue weighted by Gasteiger charge is -2.14. The Labute approximate surface area is 169 Å². The minimum absolute atomic E-state index is 0.000274. The fourth-order valence-corrected chi connectivity index (χ4v) is 3.50. The van der Waals surface area contributed by atoms with Gasteiger partial charge in [0, 0.05) is 11.3 Å². The SMILES string of the molecule is Cc1nc(-c2ccc(F)cc2)sc1C(=O)Nc1cc(C(F)(F)F)cc(C(F)(F)F)c1. The van der Waals surface area contributed by atoms with Crippen molar-refractivity contribution in [2.24, 2.45) is 0 Å². The largest absolute Gasteiger partial charge is 0.416 e. The number of nitrogens with one attached hydrogen (secondary N) is 1. The monoisotopic (exact) mass is 448 g/mol. The van der Waals surface area contributed by atoms with Gasteiger partial charge in [-0.1, -0.05) is 0 Å². The second-order valence-corrected chi connectivity index (χ2v) is 7.19. The second-order valence-electron chi connectivity index (χ2n) is 6.19. The van der Waals surface area contributed by atoms with Crippen LogP contribution in [0.5, 0.6) is 0 Å². The summed E-state index contributed by atoms with van der Waals surface area (Å²) in [7, 11) is 0. The minimum Gasteiger partial charge on any atom is -0.321 e. The lowest BCUT2D eigenvalue weighted by molar-refractivity contribution is -0.143. The Morgan fingerprint density at radius 3 is 1.97 bits per heavy atom. The van der Waals surface area contributed by atoms with Crippen LogP contribution < -0.4 is 5.32 Å². The molecule has 0 spiro atoms. The molecule has 2 aromatic carbocycles. The maximum Gasteiger partial charge on any atom is 0.416 e. The average molecular weight is 448 g/mol. The minimum atomic E-state index is -5.03. The highest BCUT2D eigenvalue weighted by atomic mass is 32.1. The van der Waals surface area contributed by atoms with Crippen LogP contribution in [0.4, 0.5) is 36.4 Å². The number of carbonyl (C=O) groups excluding carboxylic acids is 1. The van der Waals surface area contributed by atoms with E-state index in [0.717, 1.165) is 11.3 Å². The number of alkyl halides is 6. The topological polar surface area (TPSA) is 42.0 Å². The number of aryl methyl sites for hydroxylation is 1. The molecule has 3 rings (SSSR count). The number of hydrogen-bond acceptors (Lipinski definition) is 3. The summed E-state index contributed by atoms with van der Waals surface area (Å²) in [6.45, 7) is 1.46. The van der Waals surface area contributed by atoms with Crippen LogP contribution in [0.25, 0.3) is 10.6 Å². The molecule has 1 amide bonds. The molecule has 30 heavy (non-hydrogen) atoms. The van der Waals surface area contributed by atoms with E-state index in [0.29, 0.717) is 22.7 Å². The number of rotatable bonds is 3. The van der Waals surface area contributed by atoms with Crippen LogP contribution in [-0.2, 0) is 12.4 Å². The molecule has 1 aromatic heterocycles. The normalized spacial score (nSPS) is 12.1. The Morgan fingerprint density at radius 1 is 0.933 bits per heavy atom. The van der Waals surface area contributed by atoms with Gasteiger partial charge in [0.05, 0.1) is 16.8 Å². The predicted molar refractivity (Wildman–Crippen MR) is 96.6 cm³/mol. The molecule has 0 saturated heterocycles. The fraction of sp³-hybridized carbons (Fsp3) is 0.158. The van der Waals surface area contributed by atoms with Crippen LogP contribution in [0.15, 0.2) is 42.5 Å². The van der Waals surface area contributed by atoms with E-state index in [4.69, 9.17) is 0 Å². The Balaban J connectivity index is 1.93. The number of hydrogen-bond donors (Lipinski definition) is 1. The summed E-state index contributed by atoms with van der Waals surface area (Å²) < 4.78 is 90.8. The molecule has 11 heteroatoms. The maximum absolute atomic E-state index is 13.0. The van der Waals surface area contributed by atoms with Gasteiger partial charge in [-0.25, -0.2) is 9.37 Å². The smallest absolute Gasteiger partial charge is 0.321 e. The first kappa shape index (κ1) is 21.8. The highest BCUT2D eigenvalue weighted by Crippen LogP contribution is 2.38. The fourth-order valence-electron chi connectivity index (χ4n) is 2.54. The number of amides is 1. The summed E-state index contributed by atoms with van der Waals surface area (Å²) in [4.78, 5) is 16.7. The van der Waals surface area contributed by atoms with Crippen molar-refractivity contribution in [1.82, 2.24) is 4.98 Å². The van der Waals surface area contributed by atoms with Gasteiger partial charge in [0.1, 0.15) is 15.7 Å². The van der Waals surface area contributed by atoms with Crippen molar-refractivity contribution >= 4 is 22.9 Å². The van der Waals surface area contributed by atoms with Crippen molar-refractivity contribution in [2.75, 3.05) is 5.32 Å². The standard InChI is InChI=1S/C19H11F7N2OS/c1-9-15(30-17(27-9)10-2-4-13(20)5-3-10)16(29)28-14-7-11(18(21,22)23)6-12(8-14)19(24,25)26/h2-8H,1H3,(H,28,29). The first-order valence-corrected chi connectivity index (χ1v) is 9.00. The van der Waals surface area contributed by atoms with E-state index >= 15 is 0 Å². The van der Waals surface area contributed by atoms with Gasteiger partial charge in [0.2, 0.25) is 0 Å². The van der Waals surface area contributed by atoms with Crippen molar-refractivity contribution in [3.05, 3.63) is 70.0 Å². The zero-order valence-corrected chi connectivity index (χ0v) is 15.8. The van der Waals surface area contributed by atoms with Gasteiger partial charge in [-0.3, -0.25) is 4.79 Å². The molecule has 0 radical (unpaired) electrons. The summed E-state index contributed by atoms with van der Waals surface area (Å²) in [5, 5.41) is 2.41. The van der Waals surface area contributed by atoms with Crippen LogP contribution in [0.3, 0.4) is 0 Å². The van der Waals surface area contributed by atoms with Crippen LogP contribution in [0, 0.1) is 12.7 Å². The molecule has 1 N–H and O–H groups in total. The predicted octanol–water partition coefficient (Wildman–Crippen LogP) is 6.55. The first-order valence-electron chi connectivity index (χ1n) is 8.19. The number of anilines is 1. The van der Waals surface area contributed by atoms with Crippen molar-refractivity contribution in [2.45, 2.75) is 19.3 Å². The van der Waals surface area contributed by atoms with Gasteiger partial charge in [0.15, 0.2) is 0 Å². The molecular formula is C19H11F7N2OS. The summed E-state index contributed by atoms with van der Waals surface area (Å²) in [6.07, 6.45) is -10.1. The van der Waals surface area contributed by atoms with Crippen LogP contribution in [0.1, 0.15) is 26.5 Å². The number of nitrogens with zero attached hydrogens (tertiary/aromatic N) is 1. The summed E-state index contributed by atoms with van der Waals surface area (Å²) in [5.41, 5.74) is -3.01. The Bertz CT molecular complexity index is 1050. The van der Waals surface area contributed by atoms with E-state index in [9.17, 15) is 35.5 Å². The van der Waals surface area contributed by atoms with E-state index in [1.54, 1.807) is 0 Å². The van der Waals surface area contributed by atoms with E-state index in [-0.39, 0.29) is 16.6 Å². The van der Waals surface area contributed by atoms with Gasteiger partial charge in [0.25, 0.3) is 5.91 Å². The molecule has 0 bridgehead atoms. The summed E-state index contributed by atoms with van der Waals surface area (Å²) in [5.74, 6) is -1.39. The number of thiazole rings is 1. The number of aromatic nitrogens is 1. The van der Waals surface area contributed by atoms with E-state index in [1.807, 2.05) is 0 Å². The third kappa shape index (κ3) is 4.78. The molecule has 1 heterocycles. The molecular weight excluding hydrogens is 437 g/mol. The quantitative estimate of drug-likeness (QED) is 0.462. The molecule has 0 unspecified atom stereocenters. The molecule has 0 saturated carbocycles. The lowest BCUT2D eigenvalue weighted by Crippen LogP contribution is -2.15. The van der Waals surface area contributed by atoms with Gasteiger partial charge in [-0.05, 0) is 49.4 Å². The lowest BCUT2D eigenvalue weighted by atomic mass is 10.1. The second kappa shape index (κ2) is 7.71. The Hall–Kier alpha value is -2.95. The van der Waals surface area contributed by atoms with Crippen LogP contribution in [-0.4, -0.2) is 10.9 Å². The summed E-state index contributed by atoms with van der Waals surface area (Å²) >= 11 is 0.875. The van der Waals surface area contributed by atoms with Crippen molar-refractivity contribution in [3.63, 3.8) is 0 Å². The summed E-state index contributed by atoms with van der Waals surface area (Å²) in [6, 6.07) is 6.05. The van der Waals surface area contributed by atoms with E-state index in [2.05, 4.69) is 10.3 Å². The Morgan fingerprint density at radius 2 is 1.47 bits per heavy atom. The highest BCUT2D eigenvalue weighted by molar-refractivity contribution is 7.17. The first-order chi connectivity index (χ1) is 13.8. The van der Waals surface area contributed by atoms with Gasteiger partial charge >= 0.3 is 12.4 Å². The molecule has 0 aliphatic rings.